The summed E-state index contributed by atoms with van der Waals surface area (Å²) in [7, 11) is -1.92. The average Bonchev–Trinajstić information content (AvgIpc) is 3.30. The third-order valence-electron chi connectivity index (χ3n) is 5.64. The number of likely N-dealkylation sites (N-methyl/N-ethyl adjacent to an activating group) is 1. The van der Waals surface area contributed by atoms with E-state index in [2.05, 4.69) is 10.1 Å². The molecule has 2 aromatic carbocycles. The van der Waals surface area contributed by atoms with Gasteiger partial charge < -0.3 is 4.90 Å². The lowest BCUT2D eigenvalue weighted by Crippen LogP contribution is -2.43. The molecule has 0 saturated carbocycles. The van der Waals surface area contributed by atoms with Crippen molar-refractivity contribution in [1.82, 2.24) is 19.7 Å². The van der Waals surface area contributed by atoms with Crippen molar-refractivity contribution in [2.45, 2.75) is 18.4 Å². The lowest BCUT2D eigenvalue weighted by atomic mass is 10.0. The minimum Gasteiger partial charge on any atom is -0.301 e. The van der Waals surface area contributed by atoms with E-state index >= 15 is 8.78 Å². The number of sulfonamides is 1. The molecule has 1 amide bonds. The molecular weight excluding hydrogens is 519 g/mol. The Labute approximate surface area is 218 Å². The fourth-order valence-electron chi connectivity index (χ4n) is 3.91. The van der Waals surface area contributed by atoms with Crippen LogP contribution < -0.4 is 4.31 Å². The smallest absolute Gasteiger partial charge is 0.273 e. The maximum atomic E-state index is 16.3. The highest BCUT2D eigenvalue weighted by Crippen LogP contribution is 2.39. The Balaban J connectivity index is 1.98. The Morgan fingerprint density at radius 1 is 0.974 bits per heavy atom. The summed E-state index contributed by atoms with van der Waals surface area (Å²) in [6, 6.07) is 9.38. The van der Waals surface area contributed by atoms with Crippen LogP contribution in [0.15, 0.2) is 72.0 Å². The maximum Gasteiger partial charge on any atom is 0.273 e. The molecule has 12 heteroatoms. The normalized spacial score (nSPS) is 11.7. The van der Waals surface area contributed by atoms with Gasteiger partial charge in [-0.25, -0.2) is 21.6 Å². The number of amides is 1. The quantitative estimate of drug-likeness (QED) is 0.329. The van der Waals surface area contributed by atoms with Gasteiger partial charge in [0.05, 0.1) is 17.8 Å². The van der Waals surface area contributed by atoms with Crippen LogP contribution in [0.4, 0.5) is 18.9 Å². The number of carbonyl (C=O) groups is 1. The number of rotatable bonds is 8. The average molecular weight is 544 g/mol. The third-order valence-corrected chi connectivity index (χ3v) is 7.40. The summed E-state index contributed by atoms with van der Waals surface area (Å²) in [5.41, 5.74) is -0.555. The largest absolute Gasteiger partial charge is 0.301 e. The van der Waals surface area contributed by atoms with Crippen molar-refractivity contribution < 1.29 is 26.4 Å². The highest BCUT2D eigenvalue weighted by Gasteiger charge is 2.36. The number of carbonyl (C=O) groups excluding carboxylic acids is 1. The minimum absolute atomic E-state index is 0.0989. The molecule has 2 aromatic heterocycles. The number of aromatic nitrogens is 3. The van der Waals surface area contributed by atoms with Gasteiger partial charge in [0.2, 0.25) is 0 Å². The number of hydrogen-bond acceptors (Lipinski definition) is 6. The molecule has 0 bridgehead atoms. The van der Waals surface area contributed by atoms with Crippen LogP contribution in [-0.4, -0.2) is 54.6 Å². The summed E-state index contributed by atoms with van der Waals surface area (Å²) in [5, 5.41) is 4.32. The van der Waals surface area contributed by atoms with Gasteiger partial charge in [-0.05, 0) is 63.0 Å². The molecule has 0 N–H and O–H groups in total. The maximum absolute atomic E-state index is 16.3. The second-order valence-corrected chi connectivity index (χ2v) is 10.3. The van der Waals surface area contributed by atoms with Crippen molar-refractivity contribution in [1.29, 1.82) is 0 Å². The van der Waals surface area contributed by atoms with Crippen LogP contribution in [0.2, 0.25) is 0 Å². The predicted molar refractivity (Wildman–Crippen MR) is 136 cm³/mol. The van der Waals surface area contributed by atoms with Crippen molar-refractivity contribution in [2.24, 2.45) is 0 Å². The molecule has 38 heavy (non-hydrogen) atoms. The number of benzene rings is 2. The van der Waals surface area contributed by atoms with Crippen molar-refractivity contribution in [3.63, 3.8) is 0 Å². The molecule has 2 heterocycles. The van der Waals surface area contributed by atoms with E-state index in [1.54, 1.807) is 25.3 Å². The Morgan fingerprint density at radius 3 is 2.29 bits per heavy atom. The molecule has 0 aliphatic rings. The van der Waals surface area contributed by atoms with E-state index < -0.39 is 56.1 Å². The van der Waals surface area contributed by atoms with Gasteiger partial charge in [0.1, 0.15) is 22.2 Å². The first-order valence-electron chi connectivity index (χ1n) is 11.5. The van der Waals surface area contributed by atoms with Gasteiger partial charge in [0.15, 0.2) is 5.82 Å². The van der Waals surface area contributed by atoms with E-state index in [4.69, 9.17) is 0 Å². The van der Waals surface area contributed by atoms with Gasteiger partial charge in [-0.2, -0.15) is 9.40 Å². The fraction of sp³-hybridized carbons (Fsp3) is 0.192. The molecule has 4 aromatic rings. The Morgan fingerprint density at radius 2 is 1.66 bits per heavy atom. The zero-order valence-corrected chi connectivity index (χ0v) is 21.6. The first-order chi connectivity index (χ1) is 18.1. The Kier molecular flexibility index (Phi) is 7.65. The number of pyridine rings is 1. The Bertz CT molecular complexity index is 1590. The van der Waals surface area contributed by atoms with Crippen molar-refractivity contribution in [3.05, 3.63) is 84.6 Å². The summed E-state index contributed by atoms with van der Waals surface area (Å²) in [6.45, 7) is 1.72. The van der Waals surface area contributed by atoms with Crippen LogP contribution in [0.3, 0.4) is 0 Å². The summed E-state index contributed by atoms with van der Waals surface area (Å²) in [6.07, 6.45) is 4.61. The van der Waals surface area contributed by atoms with Gasteiger partial charge in [-0.3, -0.25) is 14.5 Å². The first-order valence-corrected chi connectivity index (χ1v) is 12.9. The molecule has 0 unspecified atom stereocenters. The van der Waals surface area contributed by atoms with Crippen molar-refractivity contribution >= 4 is 21.6 Å². The van der Waals surface area contributed by atoms with E-state index in [9.17, 15) is 17.6 Å². The molecule has 0 atom stereocenters. The standard InChI is InChI=1S/C26H24F3N5O3S/c1-4-33-15-18(17-11-13-30-14-12-17)26(31-33)24-20(28)9-10-21(25(24)29)34(23(35)16-32(2)3)38(36,37)22-8-6-5-7-19(22)27/h5-15H,4,16H2,1-3H3. The van der Waals surface area contributed by atoms with E-state index in [0.717, 1.165) is 24.3 Å². The van der Waals surface area contributed by atoms with E-state index in [-0.39, 0.29) is 10.00 Å². The number of anilines is 1. The second-order valence-electron chi connectivity index (χ2n) is 8.57. The molecule has 198 valence electrons. The number of hydrogen-bond donors (Lipinski definition) is 0. The van der Waals surface area contributed by atoms with Crippen LogP contribution >= 0.6 is 0 Å². The third kappa shape index (κ3) is 5.04. The van der Waals surface area contributed by atoms with E-state index in [1.807, 2.05) is 0 Å². The zero-order valence-electron chi connectivity index (χ0n) is 20.8. The molecule has 0 aliphatic heterocycles. The van der Waals surface area contributed by atoms with Crippen LogP contribution in [0.25, 0.3) is 22.4 Å². The molecule has 0 fully saturated rings. The summed E-state index contributed by atoms with van der Waals surface area (Å²) >= 11 is 0. The van der Waals surface area contributed by atoms with Crippen molar-refractivity contribution in [3.8, 4) is 22.4 Å². The van der Waals surface area contributed by atoms with Crippen molar-refractivity contribution in [2.75, 3.05) is 24.9 Å². The Hall–Kier alpha value is -4.03. The predicted octanol–water partition coefficient (Wildman–Crippen LogP) is 4.33. The second kappa shape index (κ2) is 10.8. The fourth-order valence-corrected chi connectivity index (χ4v) is 5.40. The van der Waals surface area contributed by atoms with E-state index in [0.29, 0.717) is 17.7 Å². The molecule has 4 rings (SSSR count). The minimum atomic E-state index is -4.94. The zero-order chi connectivity index (χ0) is 27.6. The molecule has 0 aliphatic carbocycles. The van der Waals surface area contributed by atoms with Crippen LogP contribution in [0.5, 0.6) is 0 Å². The first kappa shape index (κ1) is 27.0. The van der Waals surface area contributed by atoms with Gasteiger partial charge in [0, 0.05) is 30.7 Å². The molecule has 0 spiro atoms. The molecular formula is C26H24F3N5O3S. The van der Waals surface area contributed by atoms with Crippen LogP contribution in [0, 0.1) is 17.5 Å². The SMILES string of the molecule is CCn1cc(-c2ccncc2)c(-c2c(F)ccc(N(C(=O)CN(C)C)S(=O)(=O)c3ccccc3F)c2F)n1. The highest BCUT2D eigenvalue weighted by molar-refractivity contribution is 7.93. The summed E-state index contributed by atoms with van der Waals surface area (Å²) in [5.74, 6) is -4.55. The molecule has 0 saturated heterocycles. The van der Waals surface area contributed by atoms with E-state index in [1.165, 1.54) is 48.2 Å². The summed E-state index contributed by atoms with van der Waals surface area (Å²) in [4.78, 5) is 17.7. The summed E-state index contributed by atoms with van der Waals surface area (Å²) < 4.78 is 74.9. The lowest BCUT2D eigenvalue weighted by Gasteiger charge is -2.25. The van der Waals surface area contributed by atoms with Gasteiger partial charge in [0.25, 0.3) is 15.9 Å². The van der Waals surface area contributed by atoms with Gasteiger partial charge in [-0.15, -0.1) is 0 Å². The highest BCUT2D eigenvalue weighted by atomic mass is 32.2. The number of nitrogens with zero attached hydrogens (tertiary/aromatic N) is 5. The van der Waals surface area contributed by atoms with Crippen LogP contribution in [0.1, 0.15) is 6.92 Å². The number of halogens is 3. The number of aryl methyl sites for hydroxylation is 1. The lowest BCUT2D eigenvalue weighted by molar-refractivity contribution is -0.118. The van der Waals surface area contributed by atoms with Gasteiger partial charge >= 0.3 is 0 Å². The van der Waals surface area contributed by atoms with Crippen LogP contribution in [-0.2, 0) is 21.4 Å². The van der Waals surface area contributed by atoms with Gasteiger partial charge in [-0.1, -0.05) is 12.1 Å². The monoisotopic (exact) mass is 543 g/mol. The molecule has 8 nitrogen and oxygen atoms in total. The molecule has 0 radical (unpaired) electrons. The topological polar surface area (TPSA) is 88.4 Å².